The number of ether oxygens (including phenoxy) is 1. The molecule has 0 aliphatic carbocycles. The first-order valence-electron chi connectivity index (χ1n) is 7.50. The molecule has 0 spiro atoms. The van der Waals surface area contributed by atoms with Gasteiger partial charge in [-0.05, 0) is 39.3 Å². The number of guanidine groups is 1. The van der Waals surface area contributed by atoms with Gasteiger partial charge in [0.05, 0.1) is 5.60 Å². The highest BCUT2D eigenvalue weighted by atomic mass is 127. The largest absolute Gasteiger partial charge is 0.373 e. The quantitative estimate of drug-likeness (QED) is 0.398. The highest BCUT2D eigenvalue weighted by Gasteiger charge is 2.29. The molecule has 1 saturated heterocycles. The standard InChI is InChI=1S/C15H32N4O.HI/c1-14(2,12-19(5)6)10-17-13(16-4)18-11-15(3)8-7-9-20-15;/h7-12H2,1-6H3,(H2,16,17,18);1H. The van der Waals surface area contributed by atoms with Crippen LogP contribution in [0, 0.1) is 5.41 Å². The lowest BCUT2D eigenvalue weighted by molar-refractivity contribution is 0.0242. The lowest BCUT2D eigenvalue weighted by Crippen LogP contribution is -2.48. The van der Waals surface area contributed by atoms with Crippen molar-refractivity contribution in [3.63, 3.8) is 0 Å². The van der Waals surface area contributed by atoms with Crippen molar-refractivity contribution in [3.05, 3.63) is 0 Å². The van der Waals surface area contributed by atoms with E-state index >= 15 is 0 Å². The third-order valence-electron chi connectivity index (χ3n) is 3.63. The zero-order valence-electron chi connectivity index (χ0n) is 14.5. The van der Waals surface area contributed by atoms with Crippen LogP contribution in [0.3, 0.4) is 0 Å². The first kappa shape index (κ1) is 20.9. The summed E-state index contributed by atoms with van der Waals surface area (Å²) in [7, 11) is 6.02. The van der Waals surface area contributed by atoms with Crippen LogP contribution < -0.4 is 10.6 Å². The molecule has 1 aliphatic rings. The molecular formula is C15H33IN4O. The maximum absolute atomic E-state index is 5.78. The zero-order chi connectivity index (χ0) is 15.2. The lowest BCUT2D eigenvalue weighted by Gasteiger charge is -2.30. The van der Waals surface area contributed by atoms with Crippen molar-refractivity contribution < 1.29 is 4.74 Å². The molecule has 21 heavy (non-hydrogen) atoms. The van der Waals surface area contributed by atoms with Gasteiger partial charge in [-0.2, -0.15) is 0 Å². The van der Waals surface area contributed by atoms with Crippen molar-refractivity contribution in [1.82, 2.24) is 15.5 Å². The molecule has 1 fully saturated rings. The second-order valence-corrected chi connectivity index (χ2v) is 7.08. The van der Waals surface area contributed by atoms with Gasteiger partial charge >= 0.3 is 0 Å². The van der Waals surface area contributed by atoms with E-state index in [9.17, 15) is 0 Å². The van der Waals surface area contributed by atoms with E-state index in [1.54, 1.807) is 0 Å². The molecule has 0 aromatic heterocycles. The van der Waals surface area contributed by atoms with Gasteiger partial charge < -0.3 is 20.3 Å². The first-order valence-corrected chi connectivity index (χ1v) is 7.50. The molecule has 0 aromatic carbocycles. The van der Waals surface area contributed by atoms with E-state index < -0.39 is 0 Å². The van der Waals surface area contributed by atoms with Gasteiger partial charge in [0.2, 0.25) is 0 Å². The lowest BCUT2D eigenvalue weighted by atomic mass is 9.93. The normalized spacial score (nSPS) is 23.1. The smallest absolute Gasteiger partial charge is 0.191 e. The summed E-state index contributed by atoms with van der Waals surface area (Å²) in [5.41, 5.74) is 0.158. The van der Waals surface area contributed by atoms with Crippen LogP contribution in [0.2, 0.25) is 0 Å². The molecule has 6 heteroatoms. The fourth-order valence-corrected chi connectivity index (χ4v) is 2.70. The van der Waals surface area contributed by atoms with Gasteiger partial charge in [0.25, 0.3) is 0 Å². The van der Waals surface area contributed by atoms with Crippen LogP contribution in [0.15, 0.2) is 4.99 Å². The molecule has 0 amide bonds. The van der Waals surface area contributed by atoms with Gasteiger partial charge in [-0.3, -0.25) is 4.99 Å². The van der Waals surface area contributed by atoms with E-state index in [1.807, 2.05) is 7.05 Å². The molecule has 5 nitrogen and oxygen atoms in total. The van der Waals surface area contributed by atoms with E-state index in [-0.39, 0.29) is 35.0 Å². The summed E-state index contributed by atoms with van der Waals surface area (Å²) in [6.07, 6.45) is 2.27. The number of nitrogens with zero attached hydrogens (tertiary/aromatic N) is 2. The molecular weight excluding hydrogens is 379 g/mol. The number of rotatable bonds is 6. The second kappa shape index (κ2) is 9.15. The molecule has 1 unspecified atom stereocenters. The van der Waals surface area contributed by atoms with Crippen molar-refractivity contribution in [2.45, 2.75) is 39.2 Å². The topological polar surface area (TPSA) is 48.9 Å². The summed E-state index contributed by atoms with van der Waals surface area (Å²) in [6, 6.07) is 0. The van der Waals surface area contributed by atoms with Crippen molar-refractivity contribution in [3.8, 4) is 0 Å². The molecule has 1 aliphatic heterocycles. The molecule has 1 rings (SSSR count). The minimum atomic E-state index is -0.0449. The molecule has 126 valence electrons. The van der Waals surface area contributed by atoms with E-state index in [1.165, 1.54) is 0 Å². The number of hydrogen-bond donors (Lipinski definition) is 2. The molecule has 0 radical (unpaired) electrons. The summed E-state index contributed by atoms with van der Waals surface area (Å²) in [6.45, 7) is 10.3. The van der Waals surface area contributed by atoms with Crippen molar-refractivity contribution in [2.24, 2.45) is 10.4 Å². The minimum Gasteiger partial charge on any atom is -0.373 e. The summed E-state index contributed by atoms with van der Waals surface area (Å²) in [5, 5.41) is 6.79. The fourth-order valence-electron chi connectivity index (χ4n) is 2.70. The monoisotopic (exact) mass is 412 g/mol. The van der Waals surface area contributed by atoms with Gasteiger partial charge in [-0.15, -0.1) is 24.0 Å². The molecule has 1 heterocycles. The van der Waals surface area contributed by atoms with Gasteiger partial charge in [0.1, 0.15) is 0 Å². The van der Waals surface area contributed by atoms with Crippen LogP contribution in [0.1, 0.15) is 33.6 Å². The average molecular weight is 412 g/mol. The van der Waals surface area contributed by atoms with E-state index in [2.05, 4.69) is 55.4 Å². The molecule has 0 aromatic rings. The molecule has 1 atom stereocenters. The Balaban J connectivity index is 0.00000400. The SMILES string of the molecule is CN=C(NCC(C)(C)CN(C)C)NCC1(C)CCCO1.I. The summed E-state index contributed by atoms with van der Waals surface area (Å²) in [4.78, 5) is 6.50. The van der Waals surface area contributed by atoms with Gasteiger partial charge in [-0.1, -0.05) is 13.8 Å². The third-order valence-corrected chi connectivity index (χ3v) is 3.63. The Hall–Kier alpha value is -0.0800. The van der Waals surface area contributed by atoms with Gasteiger partial charge in [0, 0.05) is 33.3 Å². The van der Waals surface area contributed by atoms with Crippen LogP contribution in [-0.4, -0.2) is 63.8 Å². The maximum atomic E-state index is 5.78. The Bertz CT molecular complexity index is 326. The molecule has 2 N–H and O–H groups in total. The fraction of sp³-hybridized carbons (Fsp3) is 0.933. The number of halogens is 1. The van der Waals surface area contributed by atoms with Crippen molar-refractivity contribution in [1.29, 1.82) is 0 Å². The first-order chi connectivity index (χ1) is 9.26. The average Bonchev–Trinajstić information content (AvgIpc) is 2.75. The predicted octanol–water partition coefficient (Wildman–Crippen LogP) is 1.93. The van der Waals surface area contributed by atoms with Crippen molar-refractivity contribution >= 4 is 29.9 Å². The van der Waals surface area contributed by atoms with Crippen LogP contribution in [0.4, 0.5) is 0 Å². The zero-order valence-corrected chi connectivity index (χ0v) is 16.8. The maximum Gasteiger partial charge on any atom is 0.191 e. The predicted molar refractivity (Wildman–Crippen MR) is 101 cm³/mol. The summed E-state index contributed by atoms with van der Waals surface area (Å²) in [5.74, 6) is 0.855. The molecule has 0 bridgehead atoms. The van der Waals surface area contributed by atoms with E-state index in [0.29, 0.717) is 0 Å². The number of hydrogen-bond acceptors (Lipinski definition) is 3. The third kappa shape index (κ3) is 8.21. The Morgan fingerprint density at radius 3 is 2.48 bits per heavy atom. The highest BCUT2D eigenvalue weighted by molar-refractivity contribution is 14.0. The van der Waals surface area contributed by atoms with Crippen molar-refractivity contribution in [2.75, 3.05) is 47.4 Å². The van der Waals surface area contributed by atoms with E-state index in [4.69, 9.17) is 4.74 Å². The number of aliphatic imine (C=N–C) groups is 1. The van der Waals surface area contributed by atoms with Crippen LogP contribution >= 0.6 is 24.0 Å². The summed E-state index contributed by atoms with van der Waals surface area (Å²) >= 11 is 0. The van der Waals surface area contributed by atoms with Crippen LogP contribution in [0.5, 0.6) is 0 Å². The Kier molecular flexibility index (Phi) is 9.11. The minimum absolute atomic E-state index is 0. The Morgan fingerprint density at radius 2 is 2.00 bits per heavy atom. The molecule has 0 saturated carbocycles. The van der Waals surface area contributed by atoms with Gasteiger partial charge in [0.15, 0.2) is 5.96 Å². The van der Waals surface area contributed by atoms with Gasteiger partial charge in [-0.25, -0.2) is 0 Å². The highest BCUT2D eigenvalue weighted by Crippen LogP contribution is 2.23. The number of nitrogens with one attached hydrogen (secondary N) is 2. The second-order valence-electron chi connectivity index (χ2n) is 7.08. The van der Waals surface area contributed by atoms with Crippen LogP contribution in [0.25, 0.3) is 0 Å². The van der Waals surface area contributed by atoms with Crippen LogP contribution in [-0.2, 0) is 4.74 Å². The Labute approximate surface area is 147 Å². The van der Waals surface area contributed by atoms with E-state index in [0.717, 1.165) is 45.0 Å². The summed E-state index contributed by atoms with van der Waals surface area (Å²) < 4.78 is 5.78. The Morgan fingerprint density at radius 1 is 1.33 bits per heavy atom.